The first-order valence-electron chi connectivity index (χ1n) is 5.64. The lowest BCUT2D eigenvalue weighted by Crippen LogP contribution is -2.35. The summed E-state index contributed by atoms with van der Waals surface area (Å²) >= 11 is 0. The normalized spacial score (nSPS) is 21.1. The SMILES string of the molecule is CC(C)N1CCCN(CCC=O)CC1. The number of nitrogens with zero attached hydrogens (tertiary/aromatic N) is 2. The lowest BCUT2D eigenvalue weighted by Gasteiger charge is -2.24. The summed E-state index contributed by atoms with van der Waals surface area (Å²) in [6.07, 6.45) is 2.93. The Kier molecular flexibility index (Phi) is 5.12. The third kappa shape index (κ3) is 3.76. The van der Waals surface area contributed by atoms with Gasteiger partial charge in [-0.05, 0) is 33.4 Å². The minimum absolute atomic E-state index is 0.654. The first-order valence-corrected chi connectivity index (χ1v) is 5.64. The molecular formula is C11H22N2O. The maximum Gasteiger partial charge on any atom is 0.121 e. The summed E-state index contributed by atoms with van der Waals surface area (Å²) in [5.41, 5.74) is 0. The summed E-state index contributed by atoms with van der Waals surface area (Å²) in [5.74, 6) is 0. The zero-order chi connectivity index (χ0) is 10.4. The molecule has 0 atom stereocenters. The van der Waals surface area contributed by atoms with E-state index in [0.717, 1.165) is 32.5 Å². The van der Waals surface area contributed by atoms with Crippen molar-refractivity contribution in [2.45, 2.75) is 32.7 Å². The largest absolute Gasteiger partial charge is 0.303 e. The van der Waals surface area contributed by atoms with Crippen LogP contribution in [0.2, 0.25) is 0 Å². The fraction of sp³-hybridized carbons (Fsp3) is 0.909. The standard InChI is InChI=1S/C11H22N2O/c1-11(2)13-7-3-5-12(8-9-13)6-4-10-14/h10-11H,3-9H2,1-2H3. The van der Waals surface area contributed by atoms with E-state index < -0.39 is 0 Å². The van der Waals surface area contributed by atoms with Crippen LogP contribution in [0.25, 0.3) is 0 Å². The molecule has 0 aromatic heterocycles. The van der Waals surface area contributed by atoms with Crippen molar-refractivity contribution in [1.29, 1.82) is 0 Å². The van der Waals surface area contributed by atoms with Crippen molar-refractivity contribution in [2.75, 3.05) is 32.7 Å². The second kappa shape index (κ2) is 6.14. The van der Waals surface area contributed by atoms with Crippen LogP contribution in [0.15, 0.2) is 0 Å². The topological polar surface area (TPSA) is 23.6 Å². The predicted molar refractivity (Wildman–Crippen MR) is 58.4 cm³/mol. The van der Waals surface area contributed by atoms with Crippen molar-refractivity contribution in [2.24, 2.45) is 0 Å². The van der Waals surface area contributed by atoms with Crippen LogP contribution in [-0.2, 0) is 4.79 Å². The van der Waals surface area contributed by atoms with Gasteiger partial charge in [0, 0.05) is 32.1 Å². The van der Waals surface area contributed by atoms with Crippen molar-refractivity contribution in [3.63, 3.8) is 0 Å². The lowest BCUT2D eigenvalue weighted by atomic mass is 10.3. The predicted octanol–water partition coefficient (Wildman–Crippen LogP) is 0.991. The van der Waals surface area contributed by atoms with Crippen molar-refractivity contribution >= 4 is 6.29 Å². The Labute approximate surface area is 87.1 Å². The van der Waals surface area contributed by atoms with Crippen LogP contribution in [0.1, 0.15) is 26.7 Å². The average Bonchev–Trinajstić information content (AvgIpc) is 2.39. The molecule has 14 heavy (non-hydrogen) atoms. The molecule has 3 nitrogen and oxygen atoms in total. The molecule has 0 unspecified atom stereocenters. The fourth-order valence-electron chi connectivity index (χ4n) is 1.97. The highest BCUT2D eigenvalue weighted by Gasteiger charge is 2.15. The molecule has 1 fully saturated rings. The van der Waals surface area contributed by atoms with Gasteiger partial charge in [0.25, 0.3) is 0 Å². The molecule has 1 aliphatic rings. The van der Waals surface area contributed by atoms with Crippen LogP contribution < -0.4 is 0 Å². The third-order valence-corrected chi connectivity index (χ3v) is 2.92. The van der Waals surface area contributed by atoms with E-state index in [4.69, 9.17) is 0 Å². The van der Waals surface area contributed by atoms with Gasteiger partial charge in [-0.2, -0.15) is 0 Å². The Morgan fingerprint density at radius 1 is 1.21 bits per heavy atom. The van der Waals surface area contributed by atoms with Crippen molar-refractivity contribution in [3.05, 3.63) is 0 Å². The summed E-state index contributed by atoms with van der Waals surface area (Å²) in [6.45, 7) is 10.1. The molecule has 0 amide bonds. The summed E-state index contributed by atoms with van der Waals surface area (Å²) in [4.78, 5) is 15.2. The molecule has 0 bridgehead atoms. The molecule has 1 aliphatic heterocycles. The average molecular weight is 198 g/mol. The number of aldehydes is 1. The Bertz CT molecular complexity index is 171. The van der Waals surface area contributed by atoms with Crippen LogP contribution in [0.4, 0.5) is 0 Å². The van der Waals surface area contributed by atoms with Gasteiger partial charge < -0.3 is 9.69 Å². The number of hydrogen-bond donors (Lipinski definition) is 0. The van der Waals surface area contributed by atoms with Gasteiger partial charge in [0.05, 0.1) is 0 Å². The maximum absolute atomic E-state index is 10.3. The van der Waals surface area contributed by atoms with E-state index >= 15 is 0 Å². The van der Waals surface area contributed by atoms with Crippen LogP contribution in [0.3, 0.4) is 0 Å². The summed E-state index contributed by atoms with van der Waals surface area (Å²) in [5, 5.41) is 0. The Morgan fingerprint density at radius 3 is 2.64 bits per heavy atom. The molecule has 0 aromatic carbocycles. The zero-order valence-corrected chi connectivity index (χ0v) is 9.41. The number of hydrogen-bond acceptors (Lipinski definition) is 3. The van der Waals surface area contributed by atoms with Crippen LogP contribution in [-0.4, -0.2) is 54.9 Å². The maximum atomic E-state index is 10.3. The zero-order valence-electron chi connectivity index (χ0n) is 9.41. The number of carbonyl (C=O) groups excluding carboxylic acids is 1. The second-order valence-corrected chi connectivity index (χ2v) is 4.28. The molecule has 1 heterocycles. The van der Waals surface area contributed by atoms with Gasteiger partial charge in [0.1, 0.15) is 6.29 Å². The first kappa shape index (κ1) is 11.7. The Balaban J connectivity index is 2.29. The number of carbonyl (C=O) groups is 1. The van der Waals surface area contributed by atoms with Crippen molar-refractivity contribution < 1.29 is 4.79 Å². The molecule has 0 aromatic rings. The van der Waals surface area contributed by atoms with E-state index in [2.05, 4.69) is 23.6 Å². The van der Waals surface area contributed by atoms with Crippen molar-refractivity contribution in [3.8, 4) is 0 Å². The summed E-state index contributed by atoms with van der Waals surface area (Å²) in [6, 6.07) is 0.654. The van der Waals surface area contributed by atoms with Crippen molar-refractivity contribution in [1.82, 2.24) is 9.80 Å². The van der Waals surface area contributed by atoms with Crippen LogP contribution in [0.5, 0.6) is 0 Å². The molecule has 1 saturated heterocycles. The highest BCUT2D eigenvalue weighted by Crippen LogP contribution is 2.06. The van der Waals surface area contributed by atoms with Gasteiger partial charge >= 0.3 is 0 Å². The van der Waals surface area contributed by atoms with E-state index in [-0.39, 0.29) is 0 Å². The molecule has 0 radical (unpaired) electrons. The quantitative estimate of drug-likeness (QED) is 0.629. The van der Waals surface area contributed by atoms with E-state index in [1.54, 1.807) is 0 Å². The molecular weight excluding hydrogens is 176 g/mol. The van der Waals surface area contributed by atoms with Crippen LogP contribution in [0, 0.1) is 0 Å². The van der Waals surface area contributed by atoms with E-state index in [1.165, 1.54) is 13.0 Å². The van der Waals surface area contributed by atoms with Gasteiger partial charge in [-0.3, -0.25) is 4.90 Å². The molecule has 0 spiro atoms. The molecule has 0 N–H and O–H groups in total. The fourth-order valence-corrected chi connectivity index (χ4v) is 1.97. The highest BCUT2D eigenvalue weighted by molar-refractivity contribution is 5.49. The van der Waals surface area contributed by atoms with E-state index in [0.29, 0.717) is 12.5 Å². The third-order valence-electron chi connectivity index (χ3n) is 2.92. The Hall–Kier alpha value is -0.410. The minimum Gasteiger partial charge on any atom is -0.303 e. The van der Waals surface area contributed by atoms with Gasteiger partial charge in [-0.15, -0.1) is 0 Å². The monoisotopic (exact) mass is 198 g/mol. The minimum atomic E-state index is 0.654. The molecule has 0 aliphatic carbocycles. The smallest absolute Gasteiger partial charge is 0.121 e. The van der Waals surface area contributed by atoms with E-state index in [1.807, 2.05) is 0 Å². The molecule has 3 heteroatoms. The van der Waals surface area contributed by atoms with Gasteiger partial charge in [-0.1, -0.05) is 0 Å². The lowest BCUT2D eigenvalue weighted by molar-refractivity contribution is -0.108. The number of rotatable bonds is 4. The van der Waals surface area contributed by atoms with E-state index in [9.17, 15) is 4.79 Å². The Morgan fingerprint density at radius 2 is 2.00 bits per heavy atom. The molecule has 0 saturated carbocycles. The second-order valence-electron chi connectivity index (χ2n) is 4.28. The first-order chi connectivity index (χ1) is 6.74. The molecule has 82 valence electrons. The van der Waals surface area contributed by atoms with Gasteiger partial charge in [0.15, 0.2) is 0 Å². The van der Waals surface area contributed by atoms with Gasteiger partial charge in [-0.25, -0.2) is 0 Å². The summed E-state index contributed by atoms with van der Waals surface area (Å²) in [7, 11) is 0. The highest BCUT2D eigenvalue weighted by atomic mass is 16.1. The summed E-state index contributed by atoms with van der Waals surface area (Å²) < 4.78 is 0. The van der Waals surface area contributed by atoms with Gasteiger partial charge in [0.2, 0.25) is 0 Å². The van der Waals surface area contributed by atoms with Crippen LogP contribution >= 0.6 is 0 Å². The molecule has 1 rings (SSSR count).